The Bertz CT molecular complexity index is 1020. The van der Waals surface area contributed by atoms with E-state index in [1.807, 2.05) is 24.3 Å². The zero-order valence-electron chi connectivity index (χ0n) is 15.4. The van der Waals surface area contributed by atoms with Crippen LogP contribution in [0.15, 0.2) is 65.6 Å². The smallest absolute Gasteiger partial charge is 0.744 e. The summed E-state index contributed by atoms with van der Waals surface area (Å²) >= 11 is 0. The summed E-state index contributed by atoms with van der Waals surface area (Å²) in [6.07, 6.45) is 0. The monoisotopic (exact) mass is 377 g/mol. The van der Waals surface area contributed by atoms with E-state index in [-0.39, 0.29) is 39.9 Å². The molecule has 6 heteroatoms. The van der Waals surface area contributed by atoms with E-state index in [9.17, 15) is 13.0 Å². The standard InChI is InChI=1S/C20H21NO3S.Na/c1-20(2,3)16-6-9-17(10-7-16)21-18-8-4-15-13-19(25(22,23)24)11-5-14(15)12-18;/h4-13,21H,1-3H3,(H,22,23,24);/q;+1/p-1. The number of anilines is 2. The summed E-state index contributed by atoms with van der Waals surface area (Å²) in [5.41, 5.74) is 3.25. The van der Waals surface area contributed by atoms with Gasteiger partial charge in [0.1, 0.15) is 10.1 Å². The van der Waals surface area contributed by atoms with Gasteiger partial charge in [-0.1, -0.05) is 45.0 Å². The molecule has 0 spiro atoms. The summed E-state index contributed by atoms with van der Waals surface area (Å²) in [7, 11) is -4.43. The first-order valence-corrected chi connectivity index (χ1v) is 9.41. The normalized spacial score (nSPS) is 11.8. The predicted molar refractivity (Wildman–Crippen MR) is 100 cm³/mol. The molecule has 3 rings (SSSR count). The first-order valence-electron chi connectivity index (χ1n) is 8.00. The van der Waals surface area contributed by atoms with Crippen molar-refractivity contribution in [3.63, 3.8) is 0 Å². The zero-order chi connectivity index (χ0) is 18.2. The maximum absolute atomic E-state index is 11.1. The SMILES string of the molecule is CC(C)(C)c1ccc(Nc2ccc3cc(S(=O)(=O)[O-])ccc3c2)cc1.[Na+]. The molecule has 0 saturated heterocycles. The van der Waals surface area contributed by atoms with Crippen molar-refractivity contribution in [2.24, 2.45) is 0 Å². The summed E-state index contributed by atoms with van der Waals surface area (Å²) in [5.74, 6) is 0. The number of hydrogen-bond acceptors (Lipinski definition) is 4. The Balaban J connectivity index is 0.00000243. The van der Waals surface area contributed by atoms with E-state index >= 15 is 0 Å². The van der Waals surface area contributed by atoms with Crippen molar-refractivity contribution in [2.45, 2.75) is 31.1 Å². The van der Waals surface area contributed by atoms with Crippen LogP contribution in [-0.2, 0) is 15.5 Å². The first-order chi connectivity index (χ1) is 11.6. The van der Waals surface area contributed by atoms with Crippen molar-refractivity contribution in [3.8, 4) is 0 Å². The molecular weight excluding hydrogens is 357 g/mol. The summed E-state index contributed by atoms with van der Waals surface area (Å²) < 4.78 is 33.3. The fraction of sp³-hybridized carbons (Fsp3) is 0.200. The Kier molecular flexibility index (Phi) is 6.20. The molecule has 3 aromatic rings. The van der Waals surface area contributed by atoms with Crippen molar-refractivity contribution in [1.29, 1.82) is 0 Å². The molecule has 0 heterocycles. The van der Waals surface area contributed by atoms with Crippen molar-refractivity contribution in [3.05, 3.63) is 66.2 Å². The number of nitrogens with one attached hydrogen (secondary N) is 1. The summed E-state index contributed by atoms with van der Waals surface area (Å²) in [6.45, 7) is 6.53. The molecule has 0 aliphatic heterocycles. The molecule has 0 radical (unpaired) electrons. The molecule has 0 saturated carbocycles. The molecule has 0 bridgehead atoms. The molecule has 0 atom stereocenters. The van der Waals surface area contributed by atoms with Gasteiger partial charge in [-0.25, -0.2) is 8.42 Å². The molecule has 0 aliphatic carbocycles. The van der Waals surface area contributed by atoms with E-state index in [2.05, 4.69) is 38.2 Å². The average Bonchev–Trinajstić information content (AvgIpc) is 2.53. The maximum Gasteiger partial charge on any atom is 1.00 e. The molecule has 0 aliphatic rings. The van der Waals surface area contributed by atoms with E-state index in [1.54, 1.807) is 12.1 Å². The van der Waals surface area contributed by atoms with Gasteiger partial charge in [-0.15, -0.1) is 0 Å². The second-order valence-electron chi connectivity index (χ2n) is 7.13. The van der Waals surface area contributed by atoms with E-state index in [1.165, 1.54) is 17.7 Å². The van der Waals surface area contributed by atoms with Gasteiger partial charge in [-0.3, -0.25) is 0 Å². The minimum atomic E-state index is -4.43. The fourth-order valence-corrected chi connectivity index (χ4v) is 3.18. The molecule has 0 unspecified atom stereocenters. The predicted octanol–water partition coefficient (Wildman–Crippen LogP) is 1.79. The van der Waals surface area contributed by atoms with Crippen LogP contribution in [0.5, 0.6) is 0 Å². The van der Waals surface area contributed by atoms with Crippen molar-refractivity contribution in [2.75, 3.05) is 5.32 Å². The van der Waals surface area contributed by atoms with Crippen molar-refractivity contribution in [1.82, 2.24) is 0 Å². The first kappa shape index (κ1) is 20.9. The molecule has 4 nitrogen and oxygen atoms in total. The average molecular weight is 377 g/mol. The van der Waals surface area contributed by atoms with Gasteiger partial charge in [-0.05, 0) is 58.1 Å². The second-order valence-corrected chi connectivity index (χ2v) is 8.51. The van der Waals surface area contributed by atoms with Crippen LogP contribution in [0.2, 0.25) is 0 Å². The van der Waals surface area contributed by atoms with E-state index in [4.69, 9.17) is 0 Å². The third-order valence-electron chi connectivity index (χ3n) is 4.14. The van der Waals surface area contributed by atoms with Crippen LogP contribution in [0.25, 0.3) is 10.8 Å². The number of hydrogen-bond donors (Lipinski definition) is 1. The van der Waals surface area contributed by atoms with Gasteiger partial charge in [0.25, 0.3) is 0 Å². The topological polar surface area (TPSA) is 69.2 Å². The summed E-state index contributed by atoms with van der Waals surface area (Å²) in [6, 6.07) is 18.3. The molecule has 130 valence electrons. The fourth-order valence-electron chi connectivity index (χ4n) is 2.68. The zero-order valence-corrected chi connectivity index (χ0v) is 18.2. The quantitative estimate of drug-likeness (QED) is 0.558. The molecule has 0 amide bonds. The van der Waals surface area contributed by atoms with Crippen LogP contribution in [0.3, 0.4) is 0 Å². The van der Waals surface area contributed by atoms with Crippen LogP contribution in [0.1, 0.15) is 26.3 Å². The Morgan fingerprint density at radius 1 is 0.808 bits per heavy atom. The van der Waals surface area contributed by atoms with Crippen LogP contribution >= 0.6 is 0 Å². The second kappa shape index (κ2) is 7.71. The van der Waals surface area contributed by atoms with E-state index < -0.39 is 10.1 Å². The number of benzene rings is 3. The summed E-state index contributed by atoms with van der Waals surface area (Å²) in [4.78, 5) is -0.210. The molecule has 26 heavy (non-hydrogen) atoms. The Hall–Kier alpha value is -1.37. The molecule has 0 fully saturated rings. The molecule has 3 aromatic carbocycles. The minimum absolute atomic E-state index is 0. The van der Waals surface area contributed by atoms with Crippen molar-refractivity contribution >= 4 is 32.3 Å². The Morgan fingerprint density at radius 3 is 1.92 bits per heavy atom. The molecule has 0 aromatic heterocycles. The maximum atomic E-state index is 11.1. The largest absolute Gasteiger partial charge is 1.00 e. The van der Waals surface area contributed by atoms with Crippen LogP contribution in [-0.4, -0.2) is 13.0 Å². The molecule has 1 N–H and O–H groups in total. The van der Waals surface area contributed by atoms with Gasteiger partial charge in [0.15, 0.2) is 0 Å². The van der Waals surface area contributed by atoms with Gasteiger partial charge in [0.2, 0.25) is 0 Å². The minimum Gasteiger partial charge on any atom is -0.744 e. The van der Waals surface area contributed by atoms with E-state index in [0.29, 0.717) is 5.39 Å². The van der Waals surface area contributed by atoms with Gasteiger partial charge < -0.3 is 9.87 Å². The Labute approximate surface area is 176 Å². The van der Waals surface area contributed by atoms with Crippen molar-refractivity contribution < 1.29 is 42.5 Å². The van der Waals surface area contributed by atoms with Gasteiger partial charge in [-0.2, -0.15) is 0 Å². The van der Waals surface area contributed by atoms with Crippen LogP contribution < -0.4 is 34.9 Å². The van der Waals surface area contributed by atoms with Gasteiger partial charge >= 0.3 is 29.6 Å². The Morgan fingerprint density at radius 2 is 1.35 bits per heavy atom. The van der Waals surface area contributed by atoms with Gasteiger partial charge in [0, 0.05) is 11.4 Å². The van der Waals surface area contributed by atoms with Gasteiger partial charge in [0.05, 0.1) is 4.90 Å². The number of rotatable bonds is 3. The van der Waals surface area contributed by atoms with Crippen LogP contribution in [0.4, 0.5) is 11.4 Å². The summed E-state index contributed by atoms with van der Waals surface area (Å²) in [5, 5.41) is 4.92. The van der Waals surface area contributed by atoms with Crippen LogP contribution in [0, 0.1) is 0 Å². The number of fused-ring (bicyclic) bond motifs is 1. The third kappa shape index (κ3) is 4.87. The van der Waals surface area contributed by atoms with E-state index in [0.717, 1.165) is 16.8 Å². The molecular formula is C20H20NNaO3S. The third-order valence-corrected chi connectivity index (χ3v) is 4.97.